The van der Waals surface area contributed by atoms with Gasteiger partial charge in [0.25, 0.3) is 0 Å². The molecule has 0 saturated heterocycles. The first-order chi connectivity index (χ1) is 8.99. The Balaban J connectivity index is 2.23. The monoisotopic (exact) mass is 334 g/mol. The molecular weight excluding hydrogens is 326 g/mol. The molecule has 0 atom stereocenters. The van der Waals surface area contributed by atoms with Crippen LogP contribution in [0.2, 0.25) is 20.1 Å². The lowest BCUT2D eigenvalue weighted by molar-refractivity contribution is 0.475. The number of benzene rings is 2. The van der Waals surface area contributed by atoms with Gasteiger partial charge >= 0.3 is 0 Å². The molecule has 0 aliphatic carbocycles. The highest BCUT2D eigenvalue weighted by Crippen LogP contribution is 2.39. The van der Waals surface area contributed by atoms with E-state index in [-0.39, 0.29) is 15.8 Å². The molecule has 0 bridgehead atoms. The second-order valence-corrected chi connectivity index (χ2v) is 5.74. The van der Waals surface area contributed by atoms with Gasteiger partial charge in [-0.2, -0.15) is 0 Å². The van der Waals surface area contributed by atoms with Crippen LogP contribution in [-0.2, 0) is 12.8 Å². The molecular formula is C14H10Cl4O. The van der Waals surface area contributed by atoms with Gasteiger partial charge in [-0.25, -0.2) is 0 Å². The SMILES string of the molecule is Oc1c(Cl)cc(Cl)c(CCc2cccc(Cl)c2)c1Cl. The number of phenolic OH excluding ortho intramolecular Hbond substituents is 1. The fraction of sp³-hybridized carbons (Fsp3) is 0.143. The van der Waals surface area contributed by atoms with Gasteiger partial charge in [0.15, 0.2) is 5.75 Å². The van der Waals surface area contributed by atoms with Crippen molar-refractivity contribution in [1.29, 1.82) is 0 Å². The van der Waals surface area contributed by atoms with E-state index in [0.29, 0.717) is 22.0 Å². The number of hydrogen-bond donors (Lipinski definition) is 1. The van der Waals surface area contributed by atoms with E-state index in [9.17, 15) is 5.11 Å². The molecule has 1 nitrogen and oxygen atoms in total. The molecule has 5 heteroatoms. The number of aromatic hydroxyl groups is 1. The minimum Gasteiger partial charge on any atom is -0.505 e. The van der Waals surface area contributed by atoms with Crippen LogP contribution in [0, 0.1) is 0 Å². The van der Waals surface area contributed by atoms with Crippen LogP contribution in [0.5, 0.6) is 5.75 Å². The van der Waals surface area contributed by atoms with Crippen molar-refractivity contribution in [1.82, 2.24) is 0 Å². The molecule has 0 fully saturated rings. The molecule has 2 aromatic rings. The van der Waals surface area contributed by atoms with E-state index in [2.05, 4.69) is 0 Å². The maximum atomic E-state index is 9.71. The summed E-state index contributed by atoms with van der Waals surface area (Å²) in [7, 11) is 0. The third-order valence-electron chi connectivity index (χ3n) is 2.79. The van der Waals surface area contributed by atoms with Gasteiger partial charge in [0.2, 0.25) is 0 Å². The molecule has 19 heavy (non-hydrogen) atoms. The lowest BCUT2D eigenvalue weighted by atomic mass is 10.0. The van der Waals surface area contributed by atoms with Crippen molar-refractivity contribution in [2.24, 2.45) is 0 Å². The van der Waals surface area contributed by atoms with Crippen LogP contribution in [0.4, 0.5) is 0 Å². The number of aryl methyl sites for hydroxylation is 1. The van der Waals surface area contributed by atoms with Crippen LogP contribution in [0.3, 0.4) is 0 Å². The molecule has 2 rings (SSSR count). The highest BCUT2D eigenvalue weighted by Gasteiger charge is 2.14. The van der Waals surface area contributed by atoms with E-state index >= 15 is 0 Å². The van der Waals surface area contributed by atoms with Crippen LogP contribution < -0.4 is 0 Å². The van der Waals surface area contributed by atoms with Gasteiger partial charge in [-0.3, -0.25) is 0 Å². The smallest absolute Gasteiger partial charge is 0.153 e. The van der Waals surface area contributed by atoms with E-state index in [4.69, 9.17) is 46.4 Å². The predicted octanol–water partition coefficient (Wildman–Crippen LogP) is 5.79. The second-order valence-electron chi connectivity index (χ2n) is 4.11. The molecule has 0 radical (unpaired) electrons. The van der Waals surface area contributed by atoms with E-state index in [1.165, 1.54) is 6.07 Å². The van der Waals surface area contributed by atoms with Crippen molar-refractivity contribution < 1.29 is 5.11 Å². The number of rotatable bonds is 3. The third kappa shape index (κ3) is 3.49. The Bertz CT molecular complexity index is 611. The van der Waals surface area contributed by atoms with Crippen LogP contribution in [0.15, 0.2) is 30.3 Å². The molecule has 0 spiro atoms. The Morgan fingerprint density at radius 2 is 1.63 bits per heavy atom. The minimum atomic E-state index is -0.131. The summed E-state index contributed by atoms with van der Waals surface area (Å²) >= 11 is 23.9. The van der Waals surface area contributed by atoms with Crippen molar-refractivity contribution in [2.75, 3.05) is 0 Å². The molecule has 0 unspecified atom stereocenters. The normalized spacial score (nSPS) is 10.7. The van der Waals surface area contributed by atoms with E-state index in [0.717, 1.165) is 12.0 Å². The van der Waals surface area contributed by atoms with Gasteiger partial charge in [-0.1, -0.05) is 58.5 Å². The topological polar surface area (TPSA) is 20.2 Å². The van der Waals surface area contributed by atoms with Crippen molar-refractivity contribution in [3.8, 4) is 5.75 Å². The van der Waals surface area contributed by atoms with Crippen LogP contribution in [0.25, 0.3) is 0 Å². The van der Waals surface area contributed by atoms with E-state index in [1.807, 2.05) is 24.3 Å². The summed E-state index contributed by atoms with van der Waals surface area (Å²) in [6.07, 6.45) is 1.32. The predicted molar refractivity (Wildman–Crippen MR) is 82.0 cm³/mol. The van der Waals surface area contributed by atoms with Crippen LogP contribution in [-0.4, -0.2) is 5.11 Å². The van der Waals surface area contributed by atoms with Crippen molar-refractivity contribution >= 4 is 46.4 Å². The lowest BCUT2D eigenvalue weighted by Crippen LogP contribution is -1.94. The molecule has 0 aromatic heterocycles. The highest BCUT2D eigenvalue weighted by molar-refractivity contribution is 6.41. The molecule has 0 aliphatic rings. The lowest BCUT2D eigenvalue weighted by Gasteiger charge is -2.10. The summed E-state index contributed by atoms with van der Waals surface area (Å²) in [5.41, 5.74) is 1.76. The highest BCUT2D eigenvalue weighted by atomic mass is 35.5. The standard InChI is InChI=1S/C14H10Cl4O/c15-9-3-1-2-8(6-9)4-5-10-11(16)7-12(17)14(19)13(10)18/h1-3,6-7,19H,4-5H2. The van der Waals surface area contributed by atoms with E-state index < -0.39 is 0 Å². The van der Waals surface area contributed by atoms with Crippen LogP contribution >= 0.6 is 46.4 Å². The van der Waals surface area contributed by atoms with Gasteiger partial charge in [0, 0.05) is 10.0 Å². The zero-order valence-electron chi connectivity index (χ0n) is 9.76. The third-order valence-corrected chi connectivity index (χ3v) is 4.06. The molecule has 0 amide bonds. The van der Waals surface area contributed by atoms with Gasteiger partial charge in [-0.15, -0.1) is 0 Å². The zero-order chi connectivity index (χ0) is 14.0. The number of phenols is 1. The summed E-state index contributed by atoms with van der Waals surface area (Å²) < 4.78 is 0. The number of halogens is 4. The average molecular weight is 336 g/mol. The maximum Gasteiger partial charge on any atom is 0.153 e. The molecule has 0 saturated carbocycles. The first kappa shape index (κ1) is 14.8. The fourth-order valence-electron chi connectivity index (χ4n) is 1.81. The average Bonchev–Trinajstić information content (AvgIpc) is 2.36. The van der Waals surface area contributed by atoms with Gasteiger partial charge in [0.1, 0.15) is 0 Å². The molecule has 0 heterocycles. The van der Waals surface area contributed by atoms with Crippen LogP contribution in [0.1, 0.15) is 11.1 Å². The maximum absolute atomic E-state index is 9.71. The van der Waals surface area contributed by atoms with Crippen molar-refractivity contribution in [2.45, 2.75) is 12.8 Å². The molecule has 100 valence electrons. The quantitative estimate of drug-likeness (QED) is 0.752. The van der Waals surface area contributed by atoms with Gasteiger partial charge in [0.05, 0.1) is 10.0 Å². The fourth-order valence-corrected chi connectivity index (χ4v) is 2.98. The molecule has 0 aliphatic heterocycles. The Kier molecular flexibility index (Phi) is 4.86. The zero-order valence-corrected chi connectivity index (χ0v) is 12.8. The summed E-state index contributed by atoms with van der Waals surface area (Å²) in [6, 6.07) is 9.07. The Morgan fingerprint density at radius 3 is 2.32 bits per heavy atom. The van der Waals surface area contributed by atoms with Gasteiger partial charge < -0.3 is 5.11 Å². The van der Waals surface area contributed by atoms with Gasteiger partial charge in [-0.05, 0) is 42.2 Å². The van der Waals surface area contributed by atoms with Crippen molar-refractivity contribution in [3.63, 3.8) is 0 Å². The number of hydrogen-bond acceptors (Lipinski definition) is 1. The Hall–Kier alpha value is -0.600. The second kappa shape index (κ2) is 6.23. The summed E-state index contributed by atoms with van der Waals surface area (Å²) in [6.45, 7) is 0. The summed E-state index contributed by atoms with van der Waals surface area (Å²) in [5.74, 6) is -0.131. The molecule has 1 N–H and O–H groups in total. The molecule has 2 aromatic carbocycles. The minimum absolute atomic E-state index is 0.131. The van der Waals surface area contributed by atoms with E-state index in [1.54, 1.807) is 0 Å². The first-order valence-corrected chi connectivity index (χ1v) is 7.10. The largest absolute Gasteiger partial charge is 0.505 e. The first-order valence-electron chi connectivity index (χ1n) is 5.59. The summed E-state index contributed by atoms with van der Waals surface area (Å²) in [4.78, 5) is 0. The van der Waals surface area contributed by atoms with Crippen molar-refractivity contribution in [3.05, 3.63) is 61.5 Å². The Morgan fingerprint density at radius 1 is 0.895 bits per heavy atom. The summed E-state index contributed by atoms with van der Waals surface area (Å²) in [5, 5.41) is 11.2. The Labute approximate surface area is 131 Å².